The minimum Gasteiger partial charge on any atom is -0.392 e. The highest BCUT2D eigenvalue weighted by Crippen LogP contribution is 2.39. The first-order valence-corrected chi connectivity index (χ1v) is 15.0. The summed E-state index contributed by atoms with van der Waals surface area (Å²) >= 11 is 1.60. The van der Waals surface area contributed by atoms with Gasteiger partial charge in [-0.3, -0.25) is 9.59 Å². The first-order chi connectivity index (χ1) is 20.6. The van der Waals surface area contributed by atoms with Gasteiger partial charge < -0.3 is 29.4 Å². The highest BCUT2D eigenvalue weighted by atomic mass is 32.2. The number of benzene rings is 2. The van der Waals surface area contributed by atoms with Crippen LogP contribution in [0.3, 0.4) is 0 Å². The third-order valence-electron chi connectivity index (χ3n) is 7.57. The van der Waals surface area contributed by atoms with E-state index in [1.807, 2.05) is 54.2 Å². The van der Waals surface area contributed by atoms with Gasteiger partial charge in [-0.15, -0.1) is 0 Å². The molecule has 2 amide bonds. The molecule has 2 aromatic carbocycles. The molecule has 3 heterocycles. The fourth-order valence-corrected chi connectivity index (χ4v) is 6.18. The van der Waals surface area contributed by atoms with Crippen LogP contribution in [0.1, 0.15) is 53.9 Å². The minimum atomic E-state index is -5.01. The minimum absolute atomic E-state index is 0.0438. The summed E-state index contributed by atoms with van der Waals surface area (Å²) < 4.78 is 53.4. The molecule has 2 fully saturated rings. The fourth-order valence-electron chi connectivity index (χ4n) is 5.23. The molecule has 13 heteroatoms. The maximum Gasteiger partial charge on any atom is 0.471 e. The standard InChI is InChI=1S/C30H33F3N4O5S/c1-36-14-12-34-29(36)43-18-23-15-25(21-8-6-20(17-38)7-9-21)42-27(41-23)22-10-4-19(5-11-22)16-35-26(39)24-3-2-13-37(24)28(40)30(31,32)33/h4-12,14,23-25,27,38H,2-3,13,15-18H2,1H3,(H,35,39). The molecule has 4 unspecified atom stereocenters. The number of thioether (sulfide) groups is 1. The number of nitrogens with one attached hydrogen (secondary N) is 1. The summed E-state index contributed by atoms with van der Waals surface area (Å²) in [5, 5.41) is 13.0. The van der Waals surface area contributed by atoms with Gasteiger partial charge in [-0.1, -0.05) is 60.3 Å². The molecule has 4 atom stereocenters. The molecule has 9 nitrogen and oxygen atoms in total. The third kappa shape index (κ3) is 7.58. The van der Waals surface area contributed by atoms with Crippen molar-refractivity contribution >= 4 is 23.6 Å². The van der Waals surface area contributed by atoms with Crippen molar-refractivity contribution in [1.82, 2.24) is 19.8 Å². The van der Waals surface area contributed by atoms with E-state index >= 15 is 0 Å². The number of aliphatic hydroxyl groups is 1. The van der Waals surface area contributed by atoms with E-state index in [1.54, 1.807) is 30.1 Å². The van der Waals surface area contributed by atoms with Crippen LogP contribution in [0, 0.1) is 0 Å². The number of hydrogen-bond donors (Lipinski definition) is 2. The summed E-state index contributed by atoms with van der Waals surface area (Å²) in [5.74, 6) is -1.93. The topological polar surface area (TPSA) is 106 Å². The molecule has 0 radical (unpaired) electrons. The first-order valence-electron chi connectivity index (χ1n) is 14.0. The number of ether oxygens (including phenoxy) is 2. The summed E-state index contributed by atoms with van der Waals surface area (Å²) in [4.78, 5) is 29.3. The molecule has 2 aliphatic heterocycles. The Bertz CT molecular complexity index is 1400. The monoisotopic (exact) mass is 618 g/mol. The zero-order valence-corrected chi connectivity index (χ0v) is 24.3. The molecule has 2 N–H and O–H groups in total. The summed E-state index contributed by atoms with van der Waals surface area (Å²) in [6, 6.07) is 13.8. The quantitative estimate of drug-likeness (QED) is 0.342. The number of amides is 2. The second kappa shape index (κ2) is 13.5. The Kier molecular flexibility index (Phi) is 9.75. The van der Waals surface area contributed by atoms with E-state index < -0.39 is 30.3 Å². The number of carbonyl (C=O) groups is 2. The van der Waals surface area contributed by atoms with Crippen LogP contribution >= 0.6 is 11.8 Å². The van der Waals surface area contributed by atoms with Crippen LogP contribution < -0.4 is 5.32 Å². The molecular formula is C30H33F3N4O5S. The van der Waals surface area contributed by atoms with E-state index in [1.165, 1.54) is 0 Å². The Morgan fingerprint density at radius 2 is 1.77 bits per heavy atom. The average molecular weight is 619 g/mol. The number of aliphatic hydroxyl groups excluding tert-OH is 1. The molecule has 0 saturated carbocycles. The molecule has 0 spiro atoms. The molecule has 0 aliphatic carbocycles. The Balaban J connectivity index is 1.24. The zero-order chi connectivity index (χ0) is 30.6. The normalized spacial score (nSPS) is 22.5. The molecule has 5 rings (SSSR count). The summed E-state index contributed by atoms with van der Waals surface area (Å²) in [6.45, 7) is -0.0447. The van der Waals surface area contributed by atoms with E-state index in [0.29, 0.717) is 23.5 Å². The van der Waals surface area contributed by atoms with Gasteiger partial charge in [0.15, 0.2) is 11.4 Å². The smallest absolute Gasteiger partial charge is 0.392 e. The highest BCUT2D eigenvalue weighted by Gasteiger charge is 2.47. The Morgan fingerprint density at radius 3 is 2.42 bits per heavy atom. The van der Waals surface area contributed by atoms with Crippen LogP contribution in [-0.2, 0) is 39.3 Å². The van der Waals surface area contributed by atoms with E-state index in [2.05, 4.69) is 10.3 Å². The van der Waals surface area contributed by atoms with Crippen molar-refractivity contribution in [2.45, 2.75) is 68.3 Å². The maximum absolute atomic E-state index is 12.9. The third-order valence-corrected chi connectivity index (χ3v) is 8.76. The van der Waals surface area contributed by atoms with E-state index in [-0.39, 0.29) is 38.3 Å². The van der Waals surface area contributed by atoms with Crippen molar-refractivity contribution in [3.05, 3.63) is 83.2 Å². The highest BCUT2D eigenvalue weighted by molar-refractivity contribution is 7.99. The van der Waals surface area contributed by atoms with E-state index in [4.69, 9.17) is 9.47 Å². The van der Waals surface area contributed by atoms with Crippen molar-refractivity contribution in [1.29, 1.82) is 0 Å². The van der Waals surface area contributed by atoms with Crippen LogP contribution in [0.5, 0.6) is 0 Å². The van der Waals surface area contributed by atoms with Gasteiger partial charge in [0.2, 0.25) is 5.91 Å². The van der Waals surface area contributed by atoms with Crippen molar-refractivity contribution in [2.75, 3.05) is 12.3 Å². The van der Waals surface area contributed by atoms with Crippen molar-refractivity contribution in [3.63, 3.8) is 0 Å². The number of carbonyl (C=O) groups excluding carboxylic acids is 2. The SMILES string of the molecule is Cn1ccnc1SCC1CC(c2ccc(CO)cc2)OC(c2ccc(CNC(=O)C3CCCN3C(=O)C(F)(F)F)cc2)O1. The zero-order valence-electron chi connectivity index (χ0n) is 23.5. The molecule has 1 aromatic heterocycles. The van der Waals surface area contributed by atoms with Gasteiger partial charge in [0, 0.05) is 50.3 Å². The van der Waals surface area contributed by atoms with Crippen LogP contribution in [0.4, 0.5) is 13.2 Å². The van der Waals surface area contributed by atoms with Crippen LogP contribution in [0.15, 0.2) is 66.1 Å². The number of likely N-dealkylation sites (tertiary alicyclic amines) is 1. The van der Waals surface area contributed by atoms with Gasteiger partial charge in [0.05, 0.1) is 18.8 Å². The number of rotatable bonds is 9. The van der Waals surface area contributed by atoms with Gasteiger partial charge in [-0.25, -0.2) is 4.98 Å². The molecule has 43 heavy (non-hydrogen) atoms. The molecular weight excluding hydrogens is 585 g/mol. The summed E-state index contributed by atoms with van der Waals surface area (Å²) in [7, 11) is 1.93. The number of alkyl halides is 3. The largest absolute Gasteiger partial charge is 0.471 e. The number of nitrogens with zero attached hydrogens (tertiary/aromatic N) is 3. The predicted molar refractivity (Wildman–Crippen MR) is 151 cm³/mol. The number of aromatic nitrogens is 2. The van der Waals surface area contributed by atoms with Gasteiger partial charge >= 0.3 is 12.1 Å². The van der Waals surface area contributed by atoms with Crippen LogP contribution in [0.2, 0.25) is 0 Å². The number of aryl methyl sites for hydroxylation is 1. The second-order valence-corrected chi connectivity index (χ2v) is 11.6. The Hall–Kier alpha value is -3.39. The lowest BCUT2D eigenvalue weighted by molar-refractivity contribution is -0.245. The molecule has 2 saturated heterocycles. The van der Waals surface area contributed by atoms with Crippen LogP contribution in [0.25, 0.3) is 0 Å². The number of hydrogen-bond acceptors (Lipinski definition) is 7. The molecule has 0 bridgehead atoms. The van der Waals surface area contributed by atoms with Gasteiger partial charge in [0.1, 0.15) is 6.04 Å². The lowest BCUT2D eigenvalue weighted by Crippen LogP contribution is -2.50. The number of halogens is 3. The predicted octanol–water partition coefficient (Wildman–Crippen LogP) is 4.42. The van der Waals surface area contributed by atoms with E-state index in [0.717, 1.165) is 27.4 Å². The van der Waals surface area contributed by atoms with Crippen molar-refractivity contribution in [2.24, 2.45) is 7.05 Å². The first kappa shape index (κ1) is 31.0. The summed E-state index contributed by atoms with van der Waals surface area (Å²) in [6.07, 6.45) is -1.27. The van der Waals surface area contributed by atoms with Gasteiger partial charge in [-0.2, -0.15) is 13.2 Å². The average Bonchev–Trinajstić information content (AvgIpc) is 3.67. The second-order valence-electron chi connectivity index (χ2n) is 10.6. The molecule has 2 aliphatic rings. The lowest BCUT2D eigenvalue weighted by Gasteiger charge is -2.36. The maximum atomic E-state index is 12.9. The Morgan fingerprint density at radius 1 is 1.07 bits per heavy atom. The van der Waals surface area contributed by atoms with Gasteiger partial charge in [-0.05, 0) is 29.5 Å². The number of imidazole rings is 1. The van der Waals surface area contributed by atoms with E-state index in [9.17, 15) is 27.9 Å². The fraction of sp³-hybridized carbons (Fsp3) is 0.433. The molecule has 230 valence electrons. The van der Waals surface area contributed by atoms with Crippen molar-refractivity contribution in [3.8, 4) is 0 Å². The molecule has 3 aromatic rings. The van der Waals surface area contributed by atoms with Crippen LogP contribution in [-0.4, -0.2) is 62.0 Å². The Labute approximate surface area is 251 Å². The summed E-state index contributed by atoms with van der Waals surface area (Å²) in [5.41, 5.74) is 3.29. The lowest BCUT2D eigenvalue weighted by atomic mass is 10.0. The van der Waals surface area contributed by atoms with Gasteiger partial charge in [0.25, 0.3) is 0 Å². The van der Waals surface area contributed by atoms with Crippen molar-refractivity contribution < 1.29 is 37.3 Å².